The Balaban J connectivity index is 2.25. The number of rotatable bonds is 5. The first-order chi connectivity index (χ1) is 9.98. The number of hydrogen-bond donors (Lipinski definition) is 1. The van der Waals surface area contributed by atoms with Gasteiger partial charge in [-0.15, -0.1) is 0 Å². The largest absolute Gasteiger partial charge is 0.497 e. The van der Waals surface area contributed by atoms with Crippen LogP contribution in [0, 0.1) is 5.92 Å². The molecular formula is C14H22N2O4S. The first-order valence-corrected chi connectivity index (χ1v) is 8.35. The second-order valence-corrected chi connectivity index (χ2v) is 7.14. The van der Waals surface area contributed by atoms with Crippen LogP contribution in [0.2, 0.25) is 0 Å². The summed E-state index contributed by atoms with van der Waals surface area (Å²) < 4.78 is 37.1. The predicted molar refractivity (Wildman–Crippen MR) is 80.8 cm³/mol. The van der Waals surface area contributed by atoms with Gasteiger partial charge in [-0.1, -0.05) is 0 Å². The van der Waals surface area contributed by atoms with Gasteiger partial charge in [0.1, 0.15) is 10.6 Å². The van der Waals surface area contributed by atoms with Crippen LogP contribution in [0.5, 0.6) is 5.75 Å². The molecule has 1 saturated heterocycles. The van der Waals surface area contributed by atoms with E-state index in [1.165, 1.54) is 23.5 Å². The van der Waals surface area contributed by atoms with E-state index in [2.05, 4.69) is 0 Å². The number of methoxy groups -OCH3 is 2. The zero-order valence-electron chi connectivity index (χ0n) is 12.4. The summed E-state index contributed by atoms with van der Waals surface area (Å²) in [5.41, 5.74) is 6.08. The average molecular weight is 314 g/mol. The van der Waals surface area contributed by atoms with Crippen molar-refractivity contribution in [3.63, 3.8) is 0 Å². The third-order valence-electron chi connectivity index (χ3n) is 3.72. The smallest absolute Gasteiger partial charge is 0.245 e. The van der Waals surface area contributed by atoms with Crippen LogP contribution in [0.25, 0.3) is 0 Å². The van der Waals surface area contributed by atoms with E-state index < -0.39 is 10.0 Å². The molecule has 2 N–H and O–H groups in total. The SMILES string of the molecule is COCC1CCCN(S(=O)(=O)c2ccc(OC)cc2N)C1. The van der Waals surface area contributed by atoms with E-state index in [0.717, 1.165) is 12.8 Å². The van der Waals surface area contributed by atoms with Crippen LogP contribution in [0.15, 0.2) is 23.1 Å². The molecule has 1 aliphatic heterocycles. The van der Waals surface area contributed by atoms with Gasteiger partial charge < -0.3 is 15.2 Å². The number of benzene rings is 1. The van der Waals surface area contributed by atoms with Crippen LogP contribution < -0.4 is 10.5 Å². The van der Waals surface area contributed by atoms with Crippen molar-refractivity contribution in [1.29, 1.82) is 0 Å². The normalized spacial score (nSPS) is 20.4. The van der Waals surface area contributed by atoms with Crippen molar-refractivity contribution in [2.75, 3.05) is 39.6 Å². The highest BCUT2D eigenvalue weighted by atomic mass is 32.2. The number of ether oxygens (including phenoxy) is 2. The van der Waals surface area contributed by atoms with Crippen molar-refractivity contribution in [1.82, 2.24) is 4.31 Å². The molecule has 1 atom stereocenters. The predicted octanol–water partition coefficient (Wildman–Crippen LogP) is 1.32. The molecule has 1 unspecified atom stereocenters. The summed E-state index contributed by atoms with van der Waals surface area (Å²) in [5.74, 6) is 0.778. The third kappa shape index (κ3) is 3.48. The van der Waals surface area contributed by atoms with Gasteiger partial charge >= 0.3 is 0 Å². The molecule has 1 heterocycles. The quantitative estimate of drug-likeness (QED) is 0.829. The summed E-state index contributed by atoms with van der Waals surface area (Å²) in [6.07, 6.45) is 1.82. The number of piperidine rings is 1. The Morgan fingerprint density at radius 1 is 1.38 bits per heavy atom. The fourth-order valence-electron chi connectivity index (χ4n) is 2.64. The molecule has 2 rings (SSSR count). The summed E-state index contributed by atoms with van der Waals surface area (Å²) in [4.78, 5) is 0.140. The molecule has 7 heteroatoms. The van der Waals surface area contributed by atoms with Gasteiger partial charge in [0.25, 0.3) is 0 Å². The van der Waals surface area contributed by atoms with Gasteiger partial charge in [-0.3, -0.25) is 0 Å². The standard InChI is InChI=1S/C14H22N2O4S/c1-19-10-11-4-3-7-16(9-11)21(17,18)14-6-5-12(20-2)8-13(14)15/h5-6,8,11H,3-4,7,9-10,15H2,1-2H3. The Hall–Kier alpha value is -1.31. The van der Waals surface area contributed by atoms with Gasteiger partial charge in [-0.2, -0.15) is 4.31 Å². The van der Waals surface area contributed by atoms with Gasteiger partial charge in [0, 0.05) is 26.3 Å². The van der Waals surface area contributed by atoms with Crippen molar-refractivity contribution in [3.05, 3.63) is 18.2 Å². The average Bonchev–Trinajstić information content (AvgIpc) is 2.47. The molecule has 1 aliphatic rings. The van der Waals surface area contributed by atoms with Crippen molar-refractivity contribution in [3.8, 4) is 5.75 Å². The maximum absolute atomic E-state index is 12.7. The van der Waals surface area contributed by atoms with Gasteiger partial charge in [0.2, 0.25) is 10.0 Å². The van der Waals surface area contributed by atoms with Crippen LogP contribution >= 0.6 is 0 Å². The lowest BCUT2D eigenvalue weighted by Crippen LogP contribution is -2.41. The van der Waals surface area contributed by atoms with Gasteiger partial charge in [-0.05, 0) is 30.9 Å². The van der Waals surface area contributed by atoms with Gasteiger partial charge in [0.15, 0.2) is 0 Å². The van der Waals surface area contributed by atoms with E-state index >= 15 is 0 Å². The maximum atomic E-state index is 12.7. The first-order valence-electron chi connectivity index (χ1n) is 6.91. The van der Waals surface area contributed by atoms with Crippen LogP contribution in [-0.4, -0.2) is 46.6 Å². The van der Waals surface area contributed by atoms with E-state index in [1.807, 2.05) is 0 Å². The Kier molecular flexibility index (Phi) is 5.08. The molecule has 0 spiro atoms. The number of anilines is 1. The van der Waals surface area contributed by atoms with E-state index in [0.29, 0.717) is 25.4 Å². The number of sulfonamides is 1. The second-order valence-electron chi connectivity index (χ2n) is 5.23. The lowest BCUT2D eigenvalue weighted by Gasteiger charge is -2.31. The minimum atomic E-state index is -3.57. The molecule has 21 heavy (non-hydrogen) atoms. The number of hydrogen-bond acceptors (Lipinski definition) is 5. The van der Waals surface area contributed by atoms with Crippen LogP contribution in [0.4, 0.5) is 5.69 Å². The summed E-state index contributed by atoms with van der Waals surface area (Å²) in [5, 5.41) is 0. The van der Waals surface area contributed by atoms with Crippen molar-refractivity contribution < 1.29 is 17.9 Å². The zero-order valence-corrected chi connectivity index (χ0v) is 13.2. The molecule has 1 aromatic carbocycles. The zero-order chi connectivity index (χ0) is 15.5. The van der Waals surface area contributed by atoms with Gasteiger partial charge in [0.05, 0.1) is 19.4 Å². The van der Waals surface area contributed by atoms with Crippen LogP contribution in [0.3, 0.4) is 0 Å². The molecule has 1 fully saturated rings. The molecule has 6 nitrogen and oxygen atoms in total. The molecule has 0 saturated carbocycles. The summed E-state index contributed by atoms with van der Waals surface area (Å²) in [6, 6.07) is 4.65. The lowest BCUT2D eigenvalue weighted by atomic mass is 10.0. The molecule has 0 aliphatic carbocycles. The fourth-order valence-corrected chi connectivity index (χ4v) is 4.30. The second kappa shape index (κ2) is 6.64. The molecule has 0 amide bonds. The highest BCUT2D eigenvalue weighted by Crippen LogP contribution is 2.29. The maximum Gasteiger partial charge on any atom is 0.245 e. The molecule has 0 radical (unpaired) electrons. The van der Waals surface area contributed by atoms with E-state index in [4.69, 9.17) is 15.2 Å². The summed E-state index contributed by atoms with van der Waals surface area (Å²) in [7, 11) is -0.421. The molecule has 0 bridgehead atoms. The van der Waals surface area contributed by atoms with Crippen molar-refractivity contribution in [2.45, 2.75) is 17.7 Å². The van der Waals surface area contributed by atoms with Crippen molar-refractivity contribution >= 4 is 15.7 Å². The highest BCUT2D eigenvalue weighted by molar-refractivity contribution is 7.89. The van der Waals surface area contributed by atoms with Crippen LogP contribution in [0.1, 0.15) is 12.8 Å². The lowest BCUT2D eigenvalue weighted by molar-refractivity contribution is 0.118. The highest BCUT2D eigenvalue weighted by Gasteiger charge is 2.31. The topological polar surface area (TPSA) is 81.9 Å². The third-order valence-corrected chi connectivity index (χ3v) is 5.66. The first kappa shape index (κ1) is 16.1. The van der Waals surface area contributed by atoms with Gasteiger partial charge in [-0.25, -0.2) is 8.42 Å². The fraction of sp³-hybridized carbons (Fsp3) is 0.571. The van der Waals surface area contributed by atoms with E-state index in [-0.39, 0.29) is 16.5 Å². The molecular weight excluding hydrogens is 292 g/mol. The Morgan fingerprint density at radius 2 is 2.14 bits per heavy atom. The van der Waals surface area contributed by atoms with E-state index in [1.54, 1.807) is 13.2 Å². The minimum absolute atomic E-state index is 0.140. The monoisotopic (exact) mass is 314 g/mol. The molecule has 0 aromatic heterocycles. The number of nitrogen functional groups attached to an aromatic ring is 1. The summed E-state index contributed by atoms with van der Waals surface area (Å²) >= 11 is 0. The number of nitrogens with zero attached hydrogens (tertiary/aromatic N) is 1. The Morgan fingerprint density at radius 3 is 2.76 bits per heavy atom. The molecule has 118 valence electrons. The van der Waals surface area contributed by atoms with Crippen molar-refractivity contribution in [2.24, 2.45) is 5.92 Å². The van der Waals surface area contributed by atoms with E-state index in [9.17, 15) is 8.42 Å². The number of nitrogens with two attached hydrogens (primary N) is 1. The Labute approximate surface area is 125 Å². The summed E-state index contributed by atoms with van der Waals surface area (Å²) in [6.45, 7) is 1.57. The Bertz CT molecular complexity index is 587. The van der Waals surface area contributed by atoms with Crippen LogP contribution in [-0.2, 0) is 14.8 Å². The molecule has 1 aromatic rings. The minimum Gasteiger partial charge on any atom is -0.497 e.